The van der Waals surface area contributed by atoms with Crippen molar-refractivity contribution in [1.29, 1.82) is 0 Å². The molecule has 3 aromatic rings. The van der Waals surface area contributed by atoms with Gasteiger partial charge in [0.15, 0.2) is 5.82 Å². The maximum Gasteiger partial charge on any atom is 0.224 e. The monoisotopic (exact) mass is 301 g/mol. The molecule has 0 atom stereocenters. The fourth-order valence-electron chi connectivity index (χ4n) is 2.06. The van der Waals surface area contributed by atoms with E-state index in [4.69, 9.17) is 21.1 Å². The Labute approximate surface area is 126 Å². The molecule has 3 rings (SSSR count). The number of aromatic nitrogens is 3. The Kier molecular flexibility index (Phi) is 3.58. The van der Waals surface area contributed by atoms with E-state index in [1.807, 2.05) is 18.2 Å². The minimum atomic E-state index is 0.436. The fraction of sp³-hybridized carbons (Fsp3) is 0.133. The van der Waals surface area contributed by atoms with E-state index in [0.717, 1.165) is 10.9 Å². The summed E-state index contributed by atoms with van der Waals surface area (Å²) in [6, 6.07) is 7.25. The molecule has 0 amide bonds. The van der Waals surface area contributed by atoms with Crippen LogP contribution in [-0.4, -0.2) is 29.2 Å². The Balaban J connectivity index is 2.31. The van der Waals surface area contributed by atoms with E-state index in [1.54, 1.807) is 32.7 Å². The lowest BCUT2D eigenvalue weighted by molar-refractivity contribution is 0.402. The first-order chi connectivity index (χ1) is 10.2. The third-order valence-corrected chi connectivity index (χ3v) is 3.45. The molecule has 21 heavy (non-hydrogen) atoms. The highest BCUT2D eigenvalue weighted by atomic mass is 35.5. The summed E-state index contributed by atoms with van der Waals surface area (Å²) < 4.78 is 10.6. The second-order valence-corrected chi connectivity index (χ2v) is 4.65. The van der Waals surface area contributed by atoms with Gasteiger partial charge in [0.2, 0.25) is 5.88 Å². The van der Waals surface area contributed by atoms with E-state index in [0.29, 0.717) is 28.0 Å². The van der Waals surface area contributed by atoms with Crippen LogP contribution in [0.15, 0.2) is 36.7 Å². The van der Waals surface area contributed by atoms with Gasteiger partial charge in [0.25, 0.3) is 0 Å². The molecule has 2 heterocycles. The van der Waals surface area contributed by atoms with Gasteiger partial charge >= 0.3 is 0 Å². The second kappa shape index (κ2) is 5.54. The molecule has 2 aromatic heterocycles. The van der Waals surface area contributed by atoms with Crippen LogP contribution in [0.2, 0.25) is 5.02 Å². The standard InChI is InChI=1S/C15H12ClN3O2/c1-20-11-4-3-10-13(12(11)16)18-14(19-15(10)21-2)9-5-7-17-8-6-9/h3-8H,1-2H3. The predicted molar refractivity (Wildman–Crippen MR) is 80.9 cm³/mol. The van der Waals surface area contributed by atoms with Crippen molar-refractivity contribution in [3.05, 3.63) is 41.7 Å². The molecule has 0 N–H and O–H groups in total. The van der Waals surface area contributed by atoms with Gasteiger partial charge in [0, 0.05) is 18.0 Å². The lowest BCUT2D eigenvalue weighted by Crippen LogP contribution is -1.97. The minimum absolute atomic E-state index is 0.436. The minimum Gasteiger partial charge on any atom is -0.495 e. The predicted octanol–water partition coefficient (Wildman–Crippen LogP) is 3.36. The smallest absolute Gasteiger partial charge is 0.224 e. The quantitative estimate of drug-likeness (QED) is 0.742. The molecule has 6 heteroatoms. The Morgan fingerprint density at radius 2 is 1.71 bits per heavy atom. The van der Waals surface area contributed by atoms with Gasteiger partial charge < -0.3 is 9.47 Å². The molecule has 0 saturated heterocycles. The third-order valence-electron chi connectivity index (χ3n) is 3.09. The lowest BCUT2D eigenvalue weighted by Gasteiger charge is -2.10. The van der Waals surface area contributed by atoms with Gasteiger partial charge in [-0.15, -0.1) is 0 Å². The summed E-state index contributed by atoms with van der Waals surface area (Å²) in [7, 11) is 3.13. The van der Waals surface area contributed by atoms with Crippen molar-refractivity contribution < 1.29 is 9.47 Å². The molecule has 106 valence electrons. The zero-order chi connectivity index (χ0) is 14.8. The Bertz CT molecular complexity index is 794. The van der Waals surface area contributed by atoms with E-state index < -0.39 is 0 Å². The SMILES string of the molecule is COc1ccc2c(OC)nc(-c3ccncc3)nc2c1Cl. The second-order valence-electron chi connectivity index (χ2n) is 4.27. The number of methoxy groups -OCH3 is 2. The summed E-state index contributed by atoms with van der Waals surface area (Å²) in [5, 5.41) is 1.17. The molecule has 0 fully saturated rings. The number of nitrogens with zero attached hydrogens (tertiary/aromatic N) is 3. The number of hydrogen-bond donors (Lipinski definition) is 0. The van der Waals surface area contributed by atoms with Gasteiger partial charge in [0.1, 0.15) is 16.3 Å². The summed E-state index contributed by atoms with van der Waals surface area (Å²) in [5.41, 5.74) is 1.43. The molecule has 0 unspecified atom stereocenters. The summed E-state index contributed by atoms with van der Waals surface area (Å²) in [5.74, 6) is 1.55. The van der Waals surface area contributed by atoms with Crippen LogP contribution >= 0.6 is 11.6 Å². The fourth-order valence-corrected chi connectivity index (χ4v) is 2.34. The van der Waals surface area contributed by atoms with Crippen LogP contribution in [0.1, 0.15) is 0 Å². The summed E-state index contributed by atoms with van der Waals surface area (Å²) >= 11 is 6.35. The van der Waals surface area contributed by atoms with E-state index >= 15 is 0 Å². The molecule has 0 aliphatic carbocycles. The molecular formula is C15H12ClN3O2. The van der Waals surface area contributed by atoms with Crippen molar-refractivity contribution >= 4 is 22.5 Å². The number of benzene rings is 1. The summed E-state index contributed by atoms with van der Waals surface area (Å²) in [6.45, 7) is 0. The van der Waals surface area contributed by atoms with Gasteiger partial charge in [-0.3, -0.25) is 4.98 Å². The van der Waals surface area contributed by atoms with Crippen molar-refractivity contribution in [1.82, 2.24) is 15.0 Å². The summed E-state index contributed by atoms with van der Waals surface area (Å²) in [6.07, 6.45) is 3.37. The third kappa shape index (κ3) is 2.36. The normalized spacial score (nSPS) is 10.6. The number of fused-ring (bicyclic) bond motifs is 1. The number of ether oxygens (including phenoxy) is 2. The van der Waals surface area contributed by atoms with Gasteiger partial charge in [-0.1, -0.05) is 11.6 Å². The van der Waals surface area contributed by atoms with Crippen molar-refractivity contribution in [3.63, 3.8) is 0 Å². The molecular weight excluding hydrogens is 290 g/mol. The van der Waals surface area contributed by atoms with E-state index in [2.05, 4.69) is 15.0 Å². The van der Waals surface area contributed by atoms with Crippen LogP contribution in [0.5, 0.6) is 11.6 Å². The first-order valence-electron chi connectivity index (χ1n) is 6.23. The number of pyridine rings is 1. The number of rotatable bonds is 3. The van der Waals surface area contributed by atoms with Gasteiger partial charge in [-0.25, -0.2) is 4.98 Å². The molecule has 0 saturated carbocycles. The van der Waals surface area contributed by atoms with Crippen LogP contribution in [0.4, 0.5) is 0 Å². The zero-order valence-electron chi connectivity index (χ0n) is 11.5. The molecule has 5 nitrogen and oxygen atoms in total. The largest absolute Gasteiger partial charge is 0.495 e. The van der Waals surface area contributed by atoms with Gasteiger partial charge in [-0.2, -0.15) is 4.98 Å². The molecule has 0 aliphatic rings. The van der Waals surface area contributed by atoms with E-state index in [9.17, 15) is 0 Å². The average molecular weight is 302 g/mol. The van der Waals surface area contributed by atoms with Crippen LogP contribution in [0.25, 0.3) is 22.3 Å². The summed E-state index contributed by atoms with van der Waals surface area (Å²) in [4.78, 5) is 12.9. The van der Waals surface area contributed by atoms with Crippen LogP contribution in [0.3, 0.4) is 0 Å². The molecule has 1 aromatic carbocycles. The Morgan fingerprint density at radius 3 is 2.38 bits per heavy atom. The zero-order valence-corrected chi connectivity index (χ0v) is 12.3. The van der Waals surface area contributed by atoms with Crippen LogP contribution < -0.4 is 9.47 Å². The van der Waals surface area contributed by atoms with Crippen molar-refractivity contribution in [2.75, 3.05) is 14.2 Å². The van der Waals surface area contributed by atoms with E-state index in [1.165, 1.54) is 0 Å². The van der Waals surface area contributed by atoms with E-state index in [-0.39, 0.29) is 0 Å². The first kappa shape index (κ1) is 13.6. The number of halogens is 1. The number of hydrogen-bond acceptors (Lipinski definition) is 5. The van der Waals surface area contributed by atoms with Gasteiger partial charge in [0.05, 0.1) is 19.6 Å². The Morgan fingerprint density at radius 1 is 0.952 bits per heavy atom. The van der Waals surface area contributed by atoms with Gasteiger partial charge in [-0.05, 0) is 24.3 Å². The maximum atomic E-state index is 6.35. The molecule has 0 spiro atoms. The molecule has 0 radical (unpaired) electrons. The molecule has 0 bridgehead atoms. The molecule has 0 aliphatic heterocycles. The van der Waals surface area contributed by atoms with Crippen molar-refractivity contribution in [2.24, 2.45) is 0 Å². The van der Waals surface area contributed by atoms with Crippen LogP contribution in [0, 0.1) is 0 Å². The van der Waals surface area contributed by atoms with Crippen LogP contribution in [-0.2, 0) is 0 Å². The average Bonchev–Trinajstić information content (AvgIpc) is 2.55. The van der Waals surface area contributed by atoms with Crippen molar-refractivity contribution in [3.8, 4) is 23.0 Å². The highest BCUT2D eigenvalue weighted by Gasteiger charge is 2.15. The highest BCUT2D eigenvalue weighted by Crippen LogP contribution is 2.36. The highest BCUT2D eigenvalue weighted by molar-refractivity contribution is 6.36. The topological polar surface area (TPSA) is 57.1 Å². The van der Waals surface area contributed by atoms with Crippen molar-refractivity contribution in [2.45, 2.75) is 0 Å². The lowest BCUT2D eigenvalue weighted by atomic mass is 10.2. The first-order valence-corrected chi connectivity index (χ1v) is 6.61. The Hall–Kier alpha value is -2.40. The maximum absolute atomic E-state index is 6.35.